The first kappa shape index (κ1) is 17.9. The summed E-state index contributed by atoms with van der Waals surface area (Å²) in [7, 11) is 0. The lowest BCUT2D eigenvalue weighted by molar-refractivity contribution is -0.140. The molecule has 2 unspecified atom stereocenters. The quantitative estimate of drug-likeness (QED) is 0.871. The zero-order chi connectivity index (χ0) is 17.6. The van der Waals surface area contributed by atoms with Gasteiger partial charge < -0.3 is 15.0 Å². The molecule has 25 heavy (non-hydrogen) atoms. The molecule has 2 fully saturated rings. The number of hydrogen-bond acceptors (Lipinski definition) is 4. The van der Waals surface area contributed by atoms with Gasteiger partial charge in [-0.25, -0.2) is 0 Å². The minimum absolute atomic E-state index is 0.0371. The van der Waals surface area contributed by atoms with Crippen molar-refractivity contribution >= 4 is 11.8 Å². The number of rotatable bonds is 5. The smallest absolute Gasteiger partial charge is 0.245 e. The summed E-state index contributed by atoms with van der Waals surface area (Å²) in [6.07, 6.45) is 2.22. The van der Waals surface area contributed by atoms with Gasteiger partial charge in [0.15, 0.2) is 0 Å². The van der Waals surface area contributed by atoms with Crippen LogP contribution in [-0.2, 0) is 14.3 Å². The summed E-state index contributed by atoms with van der Waals surface area (Å²) in [4.78, 5) is 29.5. The summed E-state index contributed by atoms with van der Waals surface area (Å²) >= 11 is 0. The van der Waals surface area contributed by atoms with Crippen molar-refractivity contribution in [2.24, 2.45) is 0 Å². The van der Waals surface area contributed by atoms with E-state index < -0.39 is 6.04 Å². The molecular weight excluding hydrogens is 318 g/mol. The van der Waals surface area contributed by atoms with Gasteiger partial charge >= 0.3 is 0 Å². The van der Waals surface area contributed by atoms with Gasteiger partial charge in [-0.1, -0.05) is 30.3 Å². The molecule has 0 aliphatic carbocycles. The highest BCUT2D eigenvalue weighted by molar-refractivity contribution is 5.90. The topological polar surface area (TPSA) is 61.9 Å². The Kier molecular flexibility index (Phi) is 6.04. The highest BCUT2D eigenvalue weighted by atomic mass is 16.5. The summed E-state index contributed by atoms with van der Waals surface area (Å²) in [5, 5.41) is 2.94. The molecule has 1 aromatic rings. The van der Waals surface area contributed by atoms with Crippen LogP contribution in [0.2, 0.25) is 0 Å². The van der Waals surface area contributed by atoms with Crippen LogP contribution in [0.4, 0.5) is 0 Å². The zero-order valence-corrected chi connectivity index (χ0v) is 14.8. The molecule has 2 heterocycles. The van der Waals surface area contributed by atoms with Crippen LogP contribution in [0.15, 0.2) is 30.3 Å². The molecule has 0 bridgehead atoms. The van der Waals surface area contributed by atoms with Crippen molar-refractivity contribution in [1.82, 2.24) is 15.1 Å². The number of ether oxygens (including phenoxy) is 1. The molecule has 6 heteroatoms. The fraction of sp³-hybridized carbons (Fsp3) is 0.579. The molecule has 2 aliphatic rings. The Bertz CT molecular complexity index is 581. The second-order valence-electron chi connectivity index (χ2n) is 6.72. The molecule has 136 valence electrons. The second kappa shape index (κ2) is 8.45. The fourth-order valence-corrected chi connectivity index (χ4v) is 3.57. The first-order chi connectivity index (χ1) is 12.2. The van der Waals surface area contributed by atoms with Gasteiger partial charge in [-0.2, -0.15) is 0 Å². The van der Waals surface area contributed by atoms with Crippen molar-refractivity contribution < 1.29 is 14.3 Å². The minimum Gasteiger partial charge on any atom is -0.378 e. The van der Waals surface area contributed by atoms with Gasteiger partial charge in [-0.3, -0.25) is 14.5 Å². The first-order valence-electron chi connectivity index (χ1n) is 9.13. The highest BCUT2D eigenvalue weighted by Gasteiger charge is 2.32. The number of likely N-dealkylation sites (tertiary alicyclic amines) is 1. The van der Waals surface area contributed by atoms with E-state index in [0.717, 1.165) is 31.5 Å². The molecule has 0 saturated carbocycles. The van der Waals surface area contributed by atoms with E-state index in [1.807, 2.05) is 30.3 Å². The number of hydrogen-bond donors (Lipinski definition) is 1. The molecule has 0 spiro atoms. The summed E-state index contributed by atoms with van der Waals surface area (Å²) in [5.74, 6) is -0.132. The van der Waals surface area contributed by atoms with Crippen molar-refractivity contribution in [1.29, 1.82) is 0 Å². The lowest BCUT2D eigenvalue weighted by atomic mass is 10.0. The molecule has 6 nitrogen and oxygen atoms in total. The molecule has 1 aromatic carbocycles. The van der Waals surface area contributed by atoms with E-state index in [4.69, 9.17) is 4.74 Å². The summed E-state index contributed by atoms with van der Waals surface area (Å²) < 4.78 is 5.29. The van der Waals surface area contributed by atoms with Crippen molar-refractivity contribution in [3.05, 3.63) is 35.9 Å². The van der Waals surface area contributed by atoms with Gasteiger partial charge in [0, 0.05) is 13.1 Å². The van der Waals surface area contributed by atoms with Crippen LogP contribution >= 0.6 is 0 Å². The van der Waals surface area contributed by atoms with E-state index >= 15 is 0 Å². The Labute approximate surface area is 149 Å². The van der Waals surface area contributed by atoms with Crippen LogP contribution in [0.25, 0.3) is 0 Å². The molecule has 2 saturated heterocycles. The monoisotopic (exact) mass is 345 g/mol. The van der Waals surface area contributed by atoms with Crippen molar-refractivity contribution in [2.75, 3.05) is 39.4 Å². The Balaban J connectivity index is 1.68. The van der Waals surface area contributed by atoms with Gasteiger partial charge in [-0.05, 0) is 38.4 Å². The lowest BCUT2D eigenvalue weighted by Crippen LogP contribution is -2.52. The summed E-state index contributed by atoms with van der Waals surface area (Å²) in [6, 6.07) is 8.96. The molecule has 2 atom stereocenters. The van der Waals surface area contributed by atoms with Crippen molar-refractivity contribution in [3.8, 4) is 0 Å². The molecule has 2 aliphatic heterocycles. The molecule has 0 radical (unpaired) electrons. The third kappa shape index (κ3) is 4.38. The molecular formula is C19H27N3O3. The molecule has 0 aromatic heterocycles. The number of nitrogens with zero attached hydrogens (tertiary/aromatic N) is 2. The summed E-state index contributed by atoms with van der Waals surface area (Å²) in [6.45, 7) is 5.90. The predicted molar refractivity (Wildman–Crippen MR) is 95.0 cm³/mol. The maximum Gasteiger partial charge on any atom is 0.245 e. The van der Waals surface area contributed by atoms with Crippen LogP contribution in [0.1, 0.15) is 31.4 Å². The number of nitrogens with one attached hydrogen (secondary N) is 1. The largest absolute Gasteiger partial charge is 0.378 e. The normalized spacial score (nSPS) is 20.9. The van der Waals surface area contributed by atoms with Crippen LogP contribution in [0.3, 0.4) is 0 Å². The number of carbonyl (C=O) groups excluding carboxylic acids is 2. The van der Waals surface area contributed by atoms with E-state index in [1.54, 1.807) is 11.8 Å². The Morgan fingerprint density at radius 3 is 2.32 bits per heavy atom. The zero-order valence-electron chi connectivity index (χ0n) is 14.8. The average Bonchev–Trinajstić information content (AvgIpc) is 3.17. The van der Waals surface area contributed by atoms with Crippen LogP contribution in [0, 0.1) is 0 Å². The first-order valence-corrected chi connectivity index (χ1v) is 9.13. The van der Waals surface area contributed by atoms with Crippen molar-refractivity contribution in [3.63, 3.8) is 0 Å². The number of amides is 2. The Morgan fingerprint density at radius 1 is 1.04 bits per heavy atom. The number of benzene rings is 1. The van der Waals surface area contributed by atoms with E-state index in [-0.39, 0.29) is 17.9 Å². The van der Waals surface area contributed by atoms with Gasteiger partial charge in [-0.15, -0.1) is 0 Å². The maximum absolute atomic E-state index is 13.0. The third-order valence-electron chi connectivity index (χ3n) is 4.92. The number of morpholine rings is 1. The third-order valence-corrected chi connectivity index (χ3v) is 4.92. The van der Waals surface area contributed by atoms with E-state index in [2.05, 4.69) is 10.2 Å². The predicted octanol–water partition coefficient (Wildman–Crippen LogP) is 1.19. The average molecular weight is 345 g/mol. The van der Waals surface area contributed by atoms with E-state index in [0.29, 0.717) is 26.3 Å². The van der Waals surface area contributed by atoms with Gasteiger partial charge in [0.1, 0.15) is 12.1 Å². The minimum atomic E-state index is -0.528. The Hall–Kier alpha value is -1.92. The van der Waals surface area contributed by atoms with Crippen LogP contribution in [-0.4, -0.2) is 67.0 Å². The summed E-state index contributed by atoms with van der Waals surface area (Å²) in [5.41, 5.74) is 0.980. The number of carbonyl (C=O) groups is 2. The fourth-order valence-electron chi connectivity index (χ4n) is 3.57. The highest BCUT2D eigenvalue weighted by Crippen LogP contribution is 2.25. The van der Waals surface area contributed by atoms with Crippen molar-refractivity contribution in [2.45, 2.75) is 31.8 Å². The maximum atomic E-state index is 13.0. The van der Waals surface area contributed by atoms with E-state index in [9.17, 15) is 9.59 Å². The van der Waals surface area contributed by atoms with Gasteiger partial charge in [0.25, 0.3) is 0 Å². The SMILES string of the molecule is CC(NC(=O)C(c1ccccc1)N1CCCC1)C(=O)N1CCOCC1. The van der Waals surface area contributed by atoms with Crippen LogP contribution in [0.5, 0.6) is 0 Å². The standard InChI is InChI=1S/C19H27N3O3/c1-15(19(24)22-11-13-25-14-12-22)20-18(23)17(21-9-5-6-10-21)16-7-3-2-4-8-16/h2-4,7-8,15,17H,5-6,9-14H2,1H3,(H,20,23). The molecule has 2 amide bonds. The lowest BCUT2D eigenvalue weighted by Gasteiger charge is -2.31. The Morgan fingerprint density at radius 2 is 1.68 bits per heavy atom. The van der Waals surface area contributed by atoms with Crippen LogP contribution < -0.4 is 5.32 Å². The van der Waals surface area contributed by atoms with Gasteiger partial charge in [0.05, 0.1) is 13.2 Å². The molecule has 3 rings (SSSR count). The van der Waals surface area contributed by atoms with E-state index in [1.165, 1.54) is 0 Å². The molecule has 1 N–H and O–H groups in total. The van der Waals surface area contributed by atoms with Gasteiger partial charge in [0.2, 0.25) is 11.8 Å². The second-order valence-corrected chi connectivity index (χ2v) is 6.72.